The van der Waals surface area contributed by atoms with Gasteiger partial charge in [-0.2, -0.15) is 0 Å². The van der Waals surface area contributed by atoms with E-state index in [4.69, 9.17) is 4.74 Å². The first-order valence-corrected chi connectivity index (χ1v) is 7.07. The van der Waals surface area contributed by atoms with Crippen LogP contribution in [0.3, 0.4) is 0 Å². The van der Waals surface area contributed by atoms with E-state index in [9.17, 15) is 0 Å². The Morgan fingerprint density at radius 1 is 1.21 bits per heavy atom. The predicted octanol–water partition coefficient (Wildman–Crippen LogP) is 2.20. The van der Waals surface area contributed by atoms with Gasteiger partial charge in [-0.05, 0) is 51.6 Å². The second kappa shape index (κ2) is 6.04. The van der Waals surface area contributed by atoms with Crippen LogP contribution in [-0.2, 0) is 4.74 Å². The van der Waals surface area contributed by atoms with E-state index in [0.717, 1.165) is 19.7 Å². The summed E-state index contributed by atoms with van der Waals surface area (Å²) in [6.07, 6.45) is 0.226. The summed E-state index contributed by atoms with van der Waals surface area (Å²) >= 11 is 0. The van der Waals surface area contributed by atoms with Crippen molar-refractivity contribution < 1.29 is 4.74 Å². The zero-order valence-electron chi connectivity index (χ0n) is 12.8. The first-order valence-electron chi connectivity index (χ1n) is 7.07. The molecular formula is C16H26N2O. The summed E-state index contributed by atoms with van der Waals surface area (Å²) in [5.74, 6) is 0. The van der Waals surface area contributed by atoms with Crippen LogP contribution >= 0.6 is 0 Å². The van der Waals surface area contributed by atoms with E-state index in [0.29, 0.717) is 6.04 Å². The van der Waals surface area contributed by atoms with Crippen LogP contribution in [0.15, 0.2) is 12.1 Å². The molecule has 0 aliphatic carbocycles. The Morgan fingerprint density at radius 3 is 2.32 bits per heavy atom. The van der Waals surface area contributed by atoms with Crippen molar-refractivity contribution in [2.24, 2.45) is 0 Å². The maximum atomic E-state index is 5.99. The average Bonchev–Trinajstić information content (AvgIpc) is 2.34. The number of morpholine rings is 1. The average molecular weight is 262 g/mol. The molecule has 3 nitrogen and oxygen atoms in total. The fourth-order valence-corrected chi connectivity index (χ4v) is 3.22. The Labute approximate surface area is 116 Å². The Balaban J connectivity index is 2.38. The minimum absolute atomic E-state index is 0.226. The van der Waals surface area contributed by atoms with E-state index in [1.165, 1.54) is 22.3 Å². The number of hydrogen-bond donors (Lipinski definition) is 1. The number of ether oxygens (including phenoxy) is 1. The molecule has 0 aromatic heterocycles. The maximum Gasteiger partial charge on any atom is 0.0896 e. The number of nitrogens with one attached hydrogen (secondary N) is 1. The topological polar surface area (TPSA) is 24.5 Å². The van der Waals surface area contributed by atoms with Crippen LogP contribution < -0.4 is 5.32 Å². The molecule has 0 saturated carbocycles. The molecule has 3 heteroatoms. The van der Waals surface area contributed by atoms with Crippen molar-refractivity contribution in [1.29, 1.82) is 0 Å². The largest absolute Gasteiger partial charge is 0.374 e. The molecule has 1 aliphatic heterocycles. The van der Waals surface area contributed by atoms with E-state index >= 15 is 0 Å². The highest BCUT2D eigenvalue weighted by Crippen LogP contribution is 2.31. The van der Waals surface area contributed by atoms with Crippen LogP contribution in [0.2, 0.25) is 0 Å². The van der Waals surface area contributed by atoms with Gasteiger partial charge >= 0.3 is 0 Å². The second-order valence-electron chi connectivity index (χ2n) is 5.83. The number of hydrogen-bond acceptors (Lipinski definition) is 3. The third-order valence-corrected chi connectivity index (χ3v) is 3.90. The van der Waals surface area contributed by atoms with Crippen molar-refractivity contribution in [3.63, 3.8) is 0 Å². The molecule has 1 aromatic rings. The summed E-state index contributed by atoms with van der Waals surface area (Å²) in [6.45, 7) is 9.27. The van der Waals surface area contributed by atoms with Crippen LogP contribution in [0.5, 0.6) is 0 Å². The summed E-state index contributed by atoms with van der Waals surface area (Å²) in [6, 6.07) is 4.86. The molecule has 0 radical (unpaired) electrons. The van der Waals surface area contributed by atoms with Crippen LogP contribution in [0.1, 0.15) is 28.3 Å². The van der Waals surface area contributed by atoms with Crippen molar-refractivity contribution in [2.75, 3.05) is 33.8 Å². The van der Waals surface area contributed by atoms with Gasteiger partial charge in [0.1, 0.15) is 0 Å². The van der Waals surface area contributed by atoms with Crippen molar-refractivity contribution in [3.05, 3.63) is 34.4 Å². The molecule has 0 bridgehead atoms. The predicted molar refractivity (Wildman–Crippen MR) is 79.7 cm³/mol. The van der Waals surface area contributed by atoms with E-state index in [2.05, 4.69) is 57.2 Å². The zero-order valence-corrected chi connectivity index (χ0v) is 12.8. The second-order valence-corrected chi connectivity index (χ2v) is 5.83. The van der Waals surface area contributed by atoms with Gasteiger partial charge in [0.05, 0.1) is 18.8 Å². The first-order chi connectivity index (χ1) is 9.00. The van der Waals surface area contributed by atoms with Gasteiger partial charge in [-0.25, -0.2) is 0 Å². The molecule has 1 saturated heterocycles. The van der Waals surface area contributed by atoms with E-state index in [1.807, 2.05) is 0 Å². The van der Waals surface area contributed by atoms with Gasteiger partial charge in [0.25, 0.3) is 0 Å². The van der Waals surface area contributed by atoms with Gasteiger partial charge in [0.15, 0.2) is 0 Å². The molecule has 106 valence electrons. The Bertz CT molecular complexity index is 413. The van der Waals surface area contributed by atoms with Gasteiger partial charge in [-0.15, -0.1) is 0 Å². The molecule has 1 aromatic carbocycles. The Kier molecular flexibility index (Phi) is 4.61. The molecule has 2 rings (SSSR count). The summed E-state index contributed by atoms with van der Waals surface area (Å²) in [5.41, 5.74) is 5.49. The number of aryl methyl sites for hydroxylation is 3. The molecule has 2 unspecified atom stereocenters. The smallest absolute Gasteiger partial charge is 0.0896 e. The highest BCUT2D eigenvalue weighted by Gasteiger charge is 2.29. The monoisotopic (exact) mass is 262 g/mol. The number of nitrogens with zero attached hydrogens (tertiary/aromatic N) is 1. The standard InChI is InChI=1S/C16H26N2O/c1-11-8-12(2)15(13(3)9-11)16(18(4)5)14-10-17-6-7-19-14/h8-9,14,16-17H,6-7,10H2,1-5H3. The highest BCUT2D eigenvalue weighted by molar-refractivity contribution is 5.40. The van der Waals surface area contributed by atoms with Gasteiger partial charge in [-0.3, -0.25) is 0 Å². The summed E-state index contributed by atoms with van der Waals surface area (Å²) in [7, 11) is 4.28. The van der Waals surface area contributed by atoms with Crippen molar-refractivity contribution in [3.8, 4) is 0 Å². The van der Waals surface area contributed by atoms with Crippen molar-refractivity contribution in [2.45, 2.75) is 32.9 Å². The first kappa shape index (κ1) is 14.5. The Hall–Kier alpha value is -0.900. The van der Waals surface area contributed by atoms with E-state index in [-0.39, 0.29) is 6.10 Å². The lowest BCUT2D eigenvalue weighted by molar-refractivity contribution is -0.0215. The lowest BCUT2D eigenvalue weighted by Gasteiger charge is -2.37. The molecule has 1 N–H and O–H groups in total. The molecule has 1 heterocycles. The minimum atomic E-state index is 0.226. The quantitative estimate of drug-likeness (QED) is 0.904. The molecule has 0 amide bonds. The fourth-order valence-electron chi connectivity index (χ4n) is 3.22. The summed E-state index contributed by atoms with van der Waals surface area (Å²) in [4.78, 5) is 2.28. The number of benzene rings is 1. The van der Waals surface area contributed by atoms with Crippen LogP contribution in [0, 0.1) is 20.8 Å². The summed E-state index contributed by atoms with van der Waals surface area (Å²) in [5, 5.41) is 3.44. The van der Waals surface area contributed by atoms with Gasteiger partial charge < -0.3 is 15.0 Å². The lowest BCUT2D eigenvalue weighted by Crippen LogP contribution is -2.46. The van der Waals surface area contributed by atoms with E-state index < -0.39 is 0 Å². The van der Waals surface area contributed by atoms with Crippen LogP contribution in [-0.4, -0.2) is 44.8 Å². The number of likely N-dealkylation sites (N-methyl/N-ethyl adjacent to an activating group) is 1. The molecule has 2 atom stereocenters. The van der Waals surface area contributed by atoms with Crippen LogP contribution in [0.25, 0.3) is 0 Å². The molecule has 0 spiro atoms. The molecule has 1 aliphatic rings. The molecule has 19 heavy (non-hydrogen) atoms. The third-order valence-electron chi connectivity index (χ3n) is 3.90. The normalized spacial score (nSPS) is 21.7. The van der Waals surface area contributed by atoms with Crippen molar-refractivity contribution in [1.82, 2.24) is 10.2 Å². The van der Waals surface area contributed by atoms with Gasteiger partial charge in [-0.1, -0.05) is 17.7 Å². The highest BCUT2D eigenvalue weighted by atomic mass is 16.5. The maximum absolute atomic E-state index is 5.99. The van der Waals surface area contributed by atoms with Crippen molar-refractivity contribution >= 4 is 0 Å². The number of rotatable bonds is 3. The minimum Gasteiger partial charge on any atom is -0.374 e. The van der Waals surface area contributed by atoms with Gasteiger partial charge in [0.2, 0.25) is 0 Å². The molecular weight excluding hydrogens is 236 g/mol. The SMILES string of the molecule is Cc1cc(C)c(C(C2CNCCO2)N(C)C)c(C)c1. The van der Waals surface area contributed by atoms with Crippen LogP contribution in [0.4, 0.5) is 0 Å². The molecule has 1 fully saturated rings. The lowest BCUT2D eigenvalue weighted by atomic mass is 9.90. The fraction of sp³-hybridized carbons (Fsp3) is 0.625. The van der Waals surface area contributed by atoms with E-state index in [1.54, 1.807) is 0 Å². The third kappa shape index (κ3) is 3.16. The summed E-state index contributed by atoms with van der Waals surface area (Å²) < 4.78 is 5.99. The zero-order chi connectivity index (χ0) is 14.0. The Morgan fingerprint density at radius 2 is 1.84 bits per heavy atom. The van der Waals surface area contributed by atoms with Gasteiger partial charge in [0, 0.05) is 13.1 Å².